The number of unbranched alkanes of at least 4 members (excludes halogenated alkanes) is 1. The van der Waals surface area contributed by atoms with E-state index in [1.807, 2.05) is 13.0 Å². The third kappa shape index (κ3) is 3.51. The lowest BCUT2D eigenvalue weighted by Crippen LogP contribution is -2.40. The summed E-state index contributed by atoms with van der Waals surface area (Å²) in [6, 6.07) is 0. The second-order valence-electron chi connectivity index (χ2n) is 7.07. The summed E-state index contributed by atoms with van der Waals surface area (Å²) in [6.45, 7) is 3.85. The normalized spacial score (nSPS) is 26.1. The molecule has 0 aromatic rings. The maximum atomic E-state index is 12.3. The van der Waals surface area contributed by atoms with E-state index in [2.05, 4.69) is 0 Å². The number of carbonyl (C=O) groups is 2. The van der Waals surface area contributed by atoms with Crippen LogP contribution in [0.15, 0.2) is 22.8 Å². The van der Waals surface area contributed by atoms with Crippen molar-refractivity contribution in [2.45, 2.75) is 71.6 Å². The van der Waals surface area contributed by atoms with Crippen LogP contribution in [0.2, 0.25) is 0 Å². The van der Waals surface area contributed by atoms with Gasteiger partial charge in [-0.25, -0.2) is 4.79 Å². The molecule has 4 heteroatoms. The van der Waals surface area contributed by atoms with Crippen molar-refractivity contribution in [2.75, 3.05) is 0 Å². The quantitative estimate of drug-likeness (QED) is 0.752. The summed E-state index contributed by atoms with van der Waals surface area (Å²) in [7, 11) is 0. The molecule has 0 spiro atoms. The SMILES string of the molecule is CCCCC1(C(=O)O)CC(C(=O)O)=C(C)C=C1C1CCCCC1. The lowest BCUT2D eigenvalue weighted by molar-refractivity contribution is -0.148. The fraction of sp³-hybridized carbons (Fsp3) is 0.684. The van der Waals surface area contributed by atoms with Crippen molar-refractivity contribution in [1.82, 2.24) is 0 Å². The molecule has 0 amide bonds. The zero-order valence-corrected chi connectivity index (χ0v) is 14.2. The van der Waals surface area contributed by atoms with Gasteiger partial charge in [0.05, 0.1) is 5.41 Å². The van der Waals surface area contributed by atoms with E-state index in [0.717, 1.165) is 49.7 Å². The van der Waals surface area contributed by atoms with Gasteiger partial charge in [0.1, 0.15) is 0 Å². The Bertz CT molecular complexity index is 538. The number of rotatable bonds is 6. The summed E-state index contributed by atoms with van der Waals surface area (Å²) in [4.78, 5) is 23.8. The predicted octanol–water partition coefficient (Wildman–Crippen LogP) is 4.56. The maximum Gasteiger partial charge on any atom is 0.331 e. The van der Waals surface area contributed by atoms with Crippen molar-refractivity contribution in [2.24, 2.45) is 11.3 Å². The number of carboxylic acids is 2. The minimum Gasteiger partial charge on any atom is -0.481 e. The molecule has 2 aliphatic rings. The minimum atomic E-state index is -1.02. The molecule has 1 unspecified atom stereocenters. The van der Waals surface area contributed by atoms with Crippen molar-refractivity contribution in [1.29, 1.82) is 0 Å². The summed E-state index contributed by atoms with van der Waals surface area (Å²) in [5.74, 6) is -1.54. The number of carboxylic acid groups (broad SMARTS) is 2. The molecule has 128 valence electrons. The maximum absolute atomic E-state index is 12.3. The van der Waals surface area contributed by atoms with Gasteiger partial charge in [0.15, 0.2) is 0 Å². The zero-order valence-electron chi connectivity index (χ0n) is 14.2. The number of hydrogen-bond donors (Lipinski definition) is 2. The third-order valence-corrected chi connectivity index (χ3v) is 5.55. The highest BCUT2D eigenvalue weighted by Gasteiger charge is 2.47. The van der Waals surface area contributed by atoms with Crippen LogP contribution in [0.3, 0.4) is 0 Å². The van der Waals surface area contributed by atoms with Gasteiger partial charge < -0.3 is 10.2 Å². The van der Waals surface area contributed by atoms with E-state index in [0.29, 0.717) is 12.3 Å². The lowest BCUT2D eigenvalue weighted by Gasteiger charge is -2.41. The van der Waals surface area contributed by atoms with Gasteiger partial charge in [0.2, 0.25) is 0 Å². The topological polar surface area (TPSA) is 74.6 Å². The Labute approximate surface area is 138 Å². The summed E-state index contributed by atoms with van der Waals surface area (Å²) in [5, 5.41) is 19.5. The Hall–Kier alpha value is -1.58. The first-order valence-corrected chi connectivity index (χ1v) is 8.81. The monoisotopic (exact) mass is 320 g/mol. The summed E-state index contributed by atoms with van der Waals surface area (Å²) < 4.78 is 0. The van der Waals surface area contributed by atoms with Gasteiger partial charge in [-0.1, -0.05) is 45.1 Å². The molecule has 0 aliphatic heterocycles. The molecule has 0 radical (unpaired) electrons. The Kier molecular flexibility index (Phi) is 5.66. The van der Waals surface area contributed by atoms with Crippen molar-refractivity contribution >= 4 is 11.9 Å². The van der Waals surface area contributed by atoms with Gasteiger partial charge in [0.25, 0.3) is 0 Å². The van der Waals surface area contributed by atoms with E-state index in [1.165, 1.54) is 6.42 Å². The minimum absolute atomic E-state index is 0.131. The highest BCUT2D eigenvalue weighted by atomic mass is 16.4. The van der Waals surface area contributed by atoms with Crippen LogP contribution in [-0.2, 0) is 9.59 Å². The van der Waals surface area contributed by atoms with E-state index in [1.54, 1.807) is 6.92 Å². The molecule has 23 heavy (non-hydrogen) atoms. The highest BCUT2D eigenvalue weighted by Crippen LogP contribution is 2.50. The van der Waals surface area contributed by atoms with Crippen LogP contribution < -0.4 is 0 Å². The van der Waals surface area contributed by atoms with Crippen LogP contribution in [0.1, 0.15) is 71.6 Å². The van der Waals surface area contributed by atoms with Crippen LogP contribution in [0, 0.1) is 11.3 Å². The van der Waals surface area contributed by atoms with Gasteiger partial charge in [-0.3, -0.25) is 4.79 Å². The van der Waals surface area contributed by atoms with Gasteiger partial charge >= 0.3 is 11.9 Å². The first-order chi connectivity index (χ1) is 10.9. The molecular weight excluding hydrogens is 292 g/mol. The van der Waals surface area contributed by atoms with Crippen molar-refractivity contribution < 1.29 is 19.8 Å². The summed E-state index contributed by atoms with van der Waals surface area (Å²) >= 11 is 0. The average molecular weight is 320 g/mol. The second-order valence-corrected chi connectivity index (χ2v) is 7.07. The van der Waals surface area contributed by atoms with Gasteiger partial charge in [-0.05, 0) is 49.7 Å². The fourth-order valence-corrected chi connectivity index (χ4v) is 4.19. The van der Waals surface area contributed by atoms with Crippen LogP contribution in [0.5, 0.6) is 0 Å². The van der Waals surface area contributed by atoms with Crippen molar-refractivity contribution in [3.63, 3.8) is 0 Å². The molecule has 1 saturated carbocycles. The van der Waals surface area contributed by atoms with Crippen LogP contribution >= 0.6 is 0 Å². The van der Waals surface area contributed by atoms with Crippen LogP contribution in [0.25, 0.3) is 0 Å². The standard InChI is InChI=1S/C19H28O4/c1-3-4-10-19(18(22)23)12-15(17(20)21)13(2)11-16(19)14-8-6-5-7-9-14/h11,14H,3-10,12H2,1-2H3,(H,20,21)(H,22,23). The molecule has 0 aromatic heterocycles. The fourth-order valence-electron chi connectivity index (χ4n) is 4.19. The zero-order chi connectivity index (χ0) is 17.0. The molecule has 2 N–H and O–H groups in total. The number of allylic oxidation sites excluding steroid dienone is 2. The first-order valence-electron chi connectivity index (χ1n) is 8.81. The first kappa shape index (κ1) is 17.8. The molecule has 4 nitrogen and oxygen atoms in total. The Morgan fingerprint density at radius 3 is 2.39 bits per heavy atom. The molecule has 0 bridgehead atoms. The Morgan fingerprint density at radius 1 is 1.22 bits per heavy atom. The predicted molar refractivity (Wildman–Crippen MR) is 89.2 cm³/mol. The molecule has 1 atom stereocenters. The van der Waals surface area contributed by atoms with E-state index in [-0.39, 0.29) is 12.0 Å². The van der Waals surface area contributed by atoms with Crippen LogP contribution in [-0.4, -0.2) is 22.2 Å². The largest absolute Gasteiger partial charge is 0.481 e. The van der Waals surface area contributed by atoms with E-state index in [4.69, 9.17) is 0 Å². The molecule has 0 heterocycles. The second kappa shape index (κ2) is 7.33. The molecular formula is C19H28O4. The van der Waals surface area contributed by atoms with Crippen LogP contribution in [0.4, 0.5) is 0 Å². The van der Waals surface area contributed by atoms with Gasteiger partial charge in [-0.15, -0.1) is 0 Å². The molecule has 1 fully saturated rings. The van der Waals surface area contributed by atoms with E-state index in [9.17, 15) is 19.8 Å². The number of hydrogen-bond acceptors (Lipinski definition) is 2. The lowest BCUT2D eigenvalue weighted by atomic mass is 9.62. The van der Waals surface area contributed by atoms with Gasteiger partial charge in [-0.2, -0.15) is 0 Å². The third-order valence-electron chi connectivity index (χ3n) is 5.55. The molecule has 2 aliphatic carbocycles. The summed E-state index contributed by atoms with van der Waals surface area (Å²) in [6.07, 6.45) is 9.84. The highest BCUT2D eigenvalue weighted by molar-refractivity contribution is 5.92. The van der Waals surface area contributed by atoms with Crippen molar-refractivity contribution in [3.05, 3.63) is 22.8 Å². The van der Waals surface area contributed by atoms with Crippen molar-refractivity contribution in [3.8, 4) is 0 Å². The summed E-state index contributed by atoms with van der Waals surface area (Å²) in [5.41, 5.74) is 0.959. The van der Waals surface area contributed by atoms with E-state index < -0.39 is 17.4 Å². The molecule has 0 aromatic carbocycles. The van der Waals surface area contributed by atoms with Gasteiger partial charge in [0, 0.05) is 5.57 Å². The Morgan fingerprint density at radius 2 is 1.87 bits per heavy atom. The molecule has 2 rings (SSSR count). The average Bonchev–Trinajstić information content (AvgIpc) is 2.53. The Balaban J connectivity index is 2.49. The van der Waals surface area contributed by atoms with E-state index >= 15 is 0 Å². The number of aliphatic carboxylic acids is 2. The molecule has 0 saturated heterocycles. The smallest absolute Gasteiger partial charge is 0.331 e.